The summed E-state index contributed by atoms with van der Waals surface area (Å²) in [6, 6.07) is 0. The highest BCUT2D eigenvalue weighted by atomic mass is 16.1. The molecule has 1 rings (SSSR count). The summed E-state index contributed by atoms with van der Waals surface area (Å²) in [5, 5.41) is 0. The third kappa shape index (κ3) is 2.83. The second kappa shape index (κ2) is 3.49. The molecule has 0 aliphatic heterocycles. The van der Waals surface area contributed by atoms with Crippen molar-refractivity contribution in [1.82, 2.24) is 0 Å². The van der Waals surface area contributed by atoms with Gasteiger partial charge in [0.05, 0.1) is 0 Å². The van der Waals surface area contributed by atoms with E-state index in [0.717, 1.165) is 12.0 Å². The lowest BCUT2D eigenvalue weighted by molar-refractivity contribution is -0.112. The van der Waals surface area contributed by atoms with Crippen LogP contribution in [-0.4, -0.2) is 5.78 Å². The predicted octanol–water partition coefficient (Wildman–Crippen LogP) is 3.12. The number of rotatable bonds is 1. The monoisotopic (exact) mass is 178 g/mol. The fraction of sp³-hybridized carbons (Fsp3) is 0.583. The molecule has 0 aromatic carbocycles. The van der Waals surface area contributed by atoms with Crippen molar-refractivity contribution in [2.45, 2.75) is 34.1 Å². The summed E-state index contributed by atoms with van der Waals surface area (Å²) >= 11 is 0. The molecule has 1 nitrogen and oxygen atoms in total. The van der Waals surface area contributed by atoms with Crippen molar-refractivity contribution in [2.24, 2.45) is 11.3 Å². The molecule has 0 saturated carbocycles. The summed E-state index contributed by atoms with van der Waals surface area (Å²) in [4.78, 5) is 11.5. The fourth-order valence-corrected chi connectivity index (χ4v) is 1.59. The van der Waals surface area contributed by atoms with E-state index in [0.29, 0.717) is 5.92 Å². The molecule has 0 aromatic heterocycles. The molecule has 13 heavy (non-hydrogen) atoms. The van der Waals surface area contributed by atoms with Crippen molar-refractivity contribution < 1.29 is 4.79 Å². The molecule has 0 bridgehead atoms. The first-order valence-electron chi connectivity index (χ1n) is 4.85. The smallest absolute Gasteiger partial charge is 0.181 e. The van der Waals surface area contributed by atoms with Crippen LogP contribution in [0.25, 0.3) is 0 Å². The topological polar surface area (TPSA) is 17.1 Å². The van der Waals surface area contributed by atoms with Gasteiger partial charge in [0.25, 0.3) is 0 Å². The molecule has 0 amide bonds. The average Bonchev–Trinajstić information content (AvgIpc) is 1.95. The molecule has 1 heteroatoms. The van der Waals surface area contributed by atoms with Crippen LogP contribution in [0, 0.1) is 11.3 Å². The minimum absolute atomic E-state index is 0.147. The van der Waals surface area contributed by atoms with Crippen LogP contribution in [0.3, 0.4) is 0 Å². The third-order valence-corrected chi connectivity index (χ3v) is 2.18. The van der Waals surface area contributed by atoms with E-state index < -0.39 is 0 Å². The van der Waals surface area contributed by atoms with E-state index in [1.54, 1.807) is 6.08 Å². The van der Waals surface area contributed by atoms with Crippen LogP contribution in [0.15, 0.2) is 23.8 Å². The predicted molar refractivity (Wildman–Crippen MR) is 55.5 cm³/mol. The Morgan fingerprint density at radius 2 is 2.08 bits per heavy atom. The van der Waals surface area contributed by atoms with Gasteiger partial charge in [-0.1, -0.05) is 39.8 Å². The Morgan fingerprint density at radius 3 is 2.62 bits per heavy atom. The molecule has 0 spiro atoms. The fourth-order valence-electron chi connectivity index (χ4n) is 1.59. The molecule has 72 valence electrons. The van der Waals surface area contributed by atoms with E-state index >= 15 is 0 Å². The molecule has 0 radical (unpaired) electrons. The molecular weight excluding hydrogens is 160 g/mol. The van der Waals surface area contributed by atoms with E-state index in [1.807, 2.05) is 6.08 Å². The van der Waals surface area contributed by atoms with Gasteiger partial charge in [-0.3, -0.25) is 4.79 Å². The lowest BCUT2D eigenvalue weighted by atomic mass is 9.79. The Hall–Kier alpha value is -0.850. The maximum atomic E-state index is 11.5. The number of allylic oxidation sites excluding steroid dienone is 4. The lowest BCUT2D eigenvalue weighted by Crippen LogP contribution is -2.18. The van der Waals surface area contributed by atoms with Gasteiger partial charge in [-0.15, -0.1) is 0 Å². The van der Waals surface area contributed by atoms with Gasteiger partial charge in [-0.05, 0) is 29.4 Å². The second-order valence-corrected chi connectivity index (χ2v) is 4.80. The van der Waals surface area contributed by atoms with Gasteiger partial charge in [-0.2, -0.15) is 0 Å². The molecule has 0 saturated heterocycles. The van der Waals surface area contributed by atoms with Crippen molar-refractivity contribution in [3.8, 4) is 0 Å². The Bertz CT molecular complexity index is 267. The van der Waals surface area contributed by atoms with Crippen molar-refractivity contribution in [2.75, 3.05) is 0 Å². The molecule has 0 unspecified atom stereocenters. The zero-order valence-corrected chi connectivity index (χ0v) is 8.92. The van der Waals surface area contributed by atoms with Gasteiger partial charge in [0, 0.05) is 0 Å². The maximum absolute atomic E-state index is 11.5. The van der Waals surface area contributed by atoms with E-state index in [-0.39, 0.29) is 11.2 Å². The zero-order valence-electron chi connectivity index (χ0n) is 8.92. The minimum Gasteiger partial charge on any atom is -0.290 e. The van der Waals surface area contributed by atoms with Gasteiger partial charge in [-0.25, -0.2) is 0 Å². The van der Waals surface area contributed by atoms with E-state index in [2.05, 4.69) is 33.8 Å². The zero-order chi connectivity index (χ0) is 10.1. The first-order chi connectivity index (χ1) is 5.91. The minimum atomic E-state index is 0.147. The average molecular weight is 178 g/mol. The molecule has 0 aromatic rings. The molecular formula is C12H18O. The van der Waals surface area contributed by atoms with Crippen molar-refractivity contribution >= 4 is 5.78 Å². The molecule has 0 N–H and O–H groups in total. The van der Waals surface area contributed by atoms with E-state index in [4.69, 9.17) is 0 Å². The largest absolute Gasteiger partial charge is 0.290 e. The quantitative estimate of drug-likeness (QED) is 0.564. The number of carbonyl (C=O) groups excluding carboxylic acids is 1. The summed E-state index contributed by atoms with van der Waals surface area (Å²) in [5.74, 6) is 0.647. The summed E-state index contributed by atoms with van der Waals surface area (Å²) in [5.41, 5.74) is 1.12. The summed E-state index contributed by atoms with van der Waals surface area (Å²) < 4.78 is 0. The Kier molecular flexibility index (Phi) is 2.74. The van der Waals surface area contributed by atoms with Gasteiger partial charge in [0.15, 0.2) is 5.78 Å². The summed E-state index contributed by atoms with van der Waals surface area (Å²) in [6.07, 6.45) is 6.67. The standard InChI is InChI=1S/C12H18O/c1-9(2)7-10-8-12(3,4)6-5-11(10)13/h5-7,9H,8H2,1-4H3/b10-7-. The van der Waals surface area contributed by atoms with Crippen LogP contribution in [0.4, 0.5) is 0 Å². The SMILES string of the molecule is CC(C)/C=C1/CC(C)(C)C=CC1=O. The van der Waals surface area contributed by atoms with Crippen molar-refractivity contribution in [1.29, 1.82) is 0 Å². The summed E-state index contributed by atoms with van der Waals surface area (Å²) in [6.45, 7) is 8.52. The van der Waals surface area contributed by atoms with Crippen molar-refractivity contribution in [3.05, 3.63) is 23.8 Å². The Morgan fingerprint density at radius 1 is 1.46 bits per heavy atom. The van der Waals surface area contributed by atoms with Crippen LogP contribution in [0.1, 0.15) is 34.1 Å². The Balaban J connectivity index is 2.90. The van der Waals surface area contributed by atoms with Gasteiger partial charge in [0.2, 0.25) is 0 Å². The molecule has 0 atom stereocenters. The highest BCUT2D eigenvalue weighted by molar-refractivity contribution is 6.05. The Labute approximate surface area is 80.5 Å². The highest BCUT2D eigenvalue weighted by Gasteiger charge is 2.24. The number of hydrogen-bond donors (Lipinski definition) is 0. The lowest BCUT2D eigenvalue weighted by Gasteiger charge is -2.25. The molecule has 0 heterocycles. The first-order valence-corrected chi connectivity index (χ1v) is 4.85. The van der Waals surface area contributed by atoms with E-state index in [1.165, 1.54) is 0 Å². The number of ketones is 1. The number of carbonyl (C=O) groups is 1. The maximum Gasteiger partial charge on any atom is 0.181 e. The molecule has 0 fully saturated rings. The van der Waals surface area contributed by atoms with Crippen LogP contribution in [0.5, 0.6) is 0 Å². The molecule has 1 aliphatic rings. The van der Waals surface area contributed by atoms with Crippen LogP contribution in [-0.2, 0) is 4.79 Å². The highest BCUT2D eigenvalue weighted by Crippen LogP contribution is 2.31. The number of hydrogen-bond acceptors (Lipinski definition) is 1. The van der Waals surface area contributed by atoms with Gasteiger partial charge >= 0.3 is 0 Å². The van der Waals surface area contributed by atoms with E-state index in [9.17, 15) is 4.79 Å². The first kappa shape index (κ1) is 10.2. The second-order valence-electron chi connectivity index (χ2n) is 4.80. The van der Waals surface area contributed by atoms with Crippen molar-refractivity contribution in [3.63, 3.8) is 0 Å². The van der Waals surface area contributed by atoms with Crippen LogP contribution >= 0.6 is 0 Å². The molecule has 1 aliphatic carbocycles. The van der Waals surface area contributed by atoms with Gasteiger partial charge < -0.3 is 0 Å². The summed E-state index contributed by atoms with van der Waals surface area (Å²) in [7, 11) is 0. The third-order valence-electron chi connectivity index (χ3n) is 2.18. The van der Waals surface area contributed by atoms with Crippen LogP contribution < -0.4 is 0 Å². The normalized spacial score (nSPS) is 24.4. The van der Waals surface area contributed by atoms with Gasteiger partial charge in [0.1, 0.15) is 0 Å². The van der Waals surface area contributed by atoms with Crippen LogP contribution in [0.2, 0.25) is 0 Å².